The van der Waals surface area contributed by atoms with Crippen LogP contribution in [0, 0.1) is 0 Å². The van der Waals surface area contributed by atoms with Crippen molar-refractivity contribution in [3.8, 4) is 33.4 Å². The molecular weight excluding hydrogens is 665 g/mol. The van der Waals surface area contributed by atoms with Crippen LogP contribution < -0.4 is 0 Å². The largest absolute Gasteiger partial charge is 0.455 e. The molecule has 0 aliphatic rings. The number of rotatable bonds is 3. The Morgan fingerprint density at radius 2 is 0.764 bits per heavy atom. The molecule has 254 valence electrons. The van der Waals surface area contributed by atoms with Crippen molar-refractivity contribution in [1.82, 2.24) is 0 Å². The Kier molecular flexibility index (Phi) is 6.40. The number of hydrogen-bond donors (Lipinski definition) is 0. The minimum atomic E-state index is 0.914. The van der Waals surface area contributed by atoms with Crippen molar-refractivity contribution >= 4 is 86.6 Å². The zero-order valence-electron chi connectivity index (χ0n) is 29.9. The standard InChI is InChI=1S/C54H32O/c1-2-14-39-33(12-1)13-11-23-42(39)52-46-20-8-6-18-44(46)51(45-19-7-9-21-47(45)52)38-27-26-34-30-35(24-25-36(34)31-38)37-28-29-50-49(32-37)53-43-17-5-3-15-40(43)41-16-4-10-22-48(41)54(53)55-50/h1-32H. The van der Waals surface area contributed by atoms with E-state index in [1.54, 1.807) is 0 Å². The van der Waals surface area contributed by atoms with E-state index >= 15 is 0 Å². The van der Waals surface area contributed by atoms with Gasteiger partial charge < -0.3 is 4.42 Å². The molecule has 0 spiro atoms. The second-order valence-corrected chi connectivity index (χ2v) is 14.8. The monoisotopic (exact) mass is 696 g/mol. The van der Waals surface area contributed by atoms with Crippen LogP contribution in [0.1, 0.15) is 0 Å². The van der Waals surface area contributed by atoms with E-state index in [9.17, 15) is 0 Å². The molecule has 0 saturated heterocycles. The predicted molar refractivity (Wildman–Crippen MR) is 235 cm³/mol. The number of hydrogen-bond acceptors (Lipinski definition) is 1. The minimum Gasteiger partial charge on any atom is -0.455 e. The summed E-state index contributed by atoms with van der Waals surface area (Å²) >= 11 is 0. The Balaban J connectivity index is 1.02. The Bertz CT molecular complexity index is 3490. The zero-order chi connectivity index (χ0) is 36.0. The molecule has 0 radical (unpaired) electrons. The first kappa shape index (κ1) is 30.3. The van der Waals surface area contributed by atoms with E-state index in [-0.39, 0.29) is 0 Å². The third-order valence-electron chi connectivity index (χ3n) is 11.8. The van der Waals surface area contributed by atoms with Gasteiger partial charge in [0.15, 0.2) is 0 Å². The first-order valence-corrected chi connectivity index (χ1v) is 19.0. The summed E-state index contributed by atoms with van der Waals surface area (Å²) in [6, 6.07) is 71.0. The van der Waals surface area contributed by atoms with E-state index in [2.05, 4.69) is 194 Å². The van der Waals surface area contributed by atoms with E-state index in [0.29, 0.717) is 0 Å². The first-order chi connectivity index (χ1) is 27.3. The van der Waals surface area contributed by atoms with Crippen LogP contribution in [0.5, 0.6) is 0 Å². The van der Waals surface area contributed by atoms with Crippen LogP contribution in [0.15, 0.2) is 199 Å². The molecule has 12 rings (SSSR count). The fourth-order valence-corrected chi connectivity index (χ4v) is 9.34. The van der Waals surface area contributed by atoms with Crippen molar-refractivity contribution in [2.24, 2.45) is 0 Å². The van der Waals surface area contributed by atoms with Gasteiger partial charge in [0.1, 0.15) is 11.2 Å². The van der Waals surface area contributed by atoms with Crippen molar-refractivity contribution in [3.05, 3.63) is 194 Å². The molecule has 12 aromatic rings. The SMILES string of the molecule is c1ccc2c(-c3c4ccccc4c(-c4ccc5cc(-c6ccc7oc8c9ccccc9c9ccccc9c8c7c6)ccc5c4)c4ccccc34)cccc2c1. The van der Waals surface area contributed by atoms with Crippen LogP contribution in [-0.2, 0) is 0 Å². The van der Waals surface area contributed by atoms with Gasteiger partial charge in [0, 0.05) is 16.2 Å². The van der Waals surface area contributed by atoms with E-state index in [4.69, 9.17) is 4.42 Å². The topological polar surface area (TPSA) is 13.1 Å². The van der Waals surface area contributed by atoms with Gasteiger partial charge in [0.05, 0.1) is 0 Å². The lowest BCUT2D eigenvalue weighted by Gasteiger charge is -2.19. The maximum atomic E-state index is 6.60. The zero-order valence-corrected chi connectivity index (χ0v) is 29.9. The van der Waals surface area contributed by atoms with Crippen LogP contribution in [0.25, 0.3) is 120 Å². The van der Waals surface area contributed by atoms with Crippen LogP contribution in [-0.4, -0.2) is 0 Å². The van der Waals surface area contributed by atoms with E-state index in [0.717, 1.165) is 21.9 Å². The molecule has 0 aliphatic carbocycles. The summed E-state index contributed by atoms with van der Waals surface area (Å²) < 4.78 is 6.60. The van der Waals surface area contributed by atoms with Crippen molar-refractivity contribution in [1.29, 1.82) is 0 Å². The maximum absolute atomic E-state index is 6.60. The average Bonchev–Trinajstić information content (AvgIpc) is 3.65. The molecule has 55 heavy (non-hydrogen) atoms. The van der Waals surface area contributed by atoms with Crippen LogP contribution in [0.3, 0.4) is 0 Å². The summed E-state index contributed by atoms with van der Waals surface area (Å²) in [6.07, 6.45) is 0. The van der Waals surface area contributed by atoms with Crippen molar-refractivity contribution in [2.75, 3.05) is 0 Å². The Morgan fingerprint density at radius 3 is 1.47 bits per heavy atom. The van der Waals surface area contributed by atoms with E-state index < -0.39 is 0 Å². The number of fused-ring (bicyclic) bond motifs is 12. The molecule has 1 heterocycles. The maximum Gasteiger partial charge on any atom is 0.143 e. The second kappa shape index (κ2) is 11.6. The van der Waals surface area contributed by atoms with Gasteiger partial charge in [0.2, 0.25) is 0 Å². The first-order valence-electron chi connectivity index (χ1n) is 19.0. The van der Waals surface area contributed by atoms with Crippen LogP contribution in [0.2, 0.25) is 0 Å². The highest BCUT2D eigenvalue weighted by molar-refractivity contribution is 6.30. The molecule has 1 aromatic heterocycles. The fourth-order valence-electron chi connectivity index (χ4n) is 9.34. The fraction of sp³-hybridized carbons (Fsp3) is 0. The van der Waals surface area contributed by atoms with Gasteiger partial charge in [-0.3, -0.25) is 0 Å². The molecular formula is C54H32O. The highest BCUT2D eigenvalue weighted by atomic mass is 16.3. The van der Waals surface area contributed by atoms with Crippen molar-refractivity contribution < 1.29 is 4.42 Å². The lowest BCUT2D eigenvalue weighted by molar-refractivity contribution is 0.673. The summed E-state index contributed by atoms with van der Waals surface area (Å²) in [7, 11) is 0. The van der Waals surface area contributed by atoms with Gasteiger partial charge in [0.25, 0.3) is 0 Å². The van der Waals surface area contributed by atoms with Gasteiger partial charge in [-0.25, -0.2) is 0 Å². The molecule has 0 atom stereocenters. The quantitative estimate of drug-likeness (QED) is 0.132. The normalized spacial score (nSPS) is 12.0. The lowest BCUT2D eigenvalue weighted by Crippen LogP contribution is -1.91. The minimum absolute atomic E-state index is 0.914. The molecule has 0 aliphatic heterocycles. The van der Waals surface area contributed by atoms with E-state index in [1.807, 2.05) is 0 Å². The van der Waals surface area contributed by atoms with Gasteiger partial charge in [-0.1, -0.05) is 170 Å². The van der Waals surface area contributed by atoms with E-state index in [1.165, 1.54) is 98.0 Å². The highest BCUT2D eigenvalue weighted by Gasteiger charge is 2.19. The molecule has 0 fully saturated rings. The predicted octanol–water partition coefficient (Wildman–Crippen LogP) is 15.5. The summed E-state index contributed by atoms with van der Waals surface area (Å²) in [5.41, 5.74) is 9.30. The van der Waals surface area contributed by atoms with Crippen LogP contribution in [0.4, 0.5) is 0 Å². The number of furan rings is 1. The third-order valence-corrected chi connectivity index (χ3v) is 11.8. The molecule has 1 nitrogen and oxygen atoms in total. The smallest absolute Gasteiger partial charge is 0.143 e. The van der Waals surface area contributed by atoms with Gasteiger partial charge in [-0.2, -0.15) is 0 Å². The number of benzene rings is 11. The molecule has 11 aromatic carbocycles. The third kappa shape index (κ3) is 4.48. The second-order valence-electron chi connectivity index (χ2n) is 14.8. The van der Waals surface area contributed by atoms with Gasteiger partial charge >= 0.3 is 0 Å². The molecule has 0 unspecified atom stereocenters. The van der Waals surface area contributed by atoms with Crippen molar-refractivity contribution in [2.45, 2.75) is 0 Å². The summed E-state index contributed by atoms with van der Waals surface area (Å²) in [6.45, 7) is 0. The molecule has 0 saturated carbocycles. The summed E-state index contributed by atoms with van der Waals surface area (Å²) in [5, 5.41) is 17.2. The van der Waals surface area contributed by atoms with Gasteiger partial charge in [-0.15, -0.1) is 0 Å². The van der Waals surface area contributed by atoms with Crippen LogP contribution >= 0.6 is 0 Å². The Morgan fingerprint density at radius 1 is 0.273 bits per heavy atom. The summed E-state index contributed by atoms with van der Waals surface area (Å²) in [4.78, 5) is 0. The molecule has 1 heteroatoms. The lowest BCUT2D eigenvalue weighted by atomic mass is 9.84. The Hall–Kier alpha value is -7.22. The summed E-state index contributed by atoms with van der Waals surface area (Å²) in [5.74, 6) is 0. The molecule has 0 bridgehead atoms. The van der Waals surface area contributed by atoms with Gasteiger partial charge in [-0.05, 0) is 117 Å². The van der Waals surface area contributed by atoms with Crippen molar-refractivity contribution in [3.63, 3.8) is 0 Å². The molecule has 0 amide bonds. The highest BCUT2D eigenvalue weighted by Crippen LogP contribution is 2.46. The molecule has 0 N–H and O–H groups in total. The Labute approximate surface area is 317 Å². The average molecular weight is 697 g/mol.